The van der Waals surface area contributed by atoms with Gasteiger partial charge in [-0.2, -0.15) is 0 Å². The van der Waals surface area contributed by atoms with Crippen LogP contribution in [0.4, 0.5) is 5.82 Å². The molecule has 0 aliphatic carbocycles. The van der Waals surface area contributed by atoms with Crippen LogP contribution in [0, 0.1) is 0 Å². The molecule has 6 heteroatoms. The van der Waals surface area contributed by atoms with Crippen molar-refractivity contribution < 1.29 is 14.6 Å². The molecule has 0 spiro atoms. The zero-order chi connectivity index (χ0) is 15.9. The summed E-state index contributed by atoms with van der Waals surface area (Å²) in [5.74, 6) is 0.646. The summed E-state index contributed by atoms with van der Waals surface area (Å²) in [6, 6.07) is 11.0. The summed E-state index contributed by atoms with van der Waals surface area (Å²) in [5, 5.41) is 12.2. The lowest BCUT2D eigenvalue weighted by atomic mass is 10.3. The normalized spacial score (nSPS) is 10.5. The van der Waals surface area contributed by atoms with Crippen LogP contribution in [0.15, 0.2) is 36.4 Å². The van der Waals surface area contributed by atoms with Gasteiger partial charge >= 0.3 is 5.97 Å². The number of carboxylic acids is 1. The summed E-state index contributed by atoms with van der Waals surface area (Å²) in [4.78, 5) is 19.5. The SMILES string of the molecule is CC(C)Nc1cc(C(=O)O)nc(CCOc2ccccc2)n1. The quantitative estimate of drug-likeness (QED) is 0.818. The van der Waals surface area contributed by atoms with Gasteiger partial charge in [0.15, 0.2) is 5.69 Å². The summed E-state index contributed by atoms with van der Waals surface area (Å²) >= 11 is 0. The molecule has 2 aromatic rings. The van der Waals surface area contributed by atoms with Crippen molar-refractivity contribution in [2.75, 3.05) is 11.9 Å². The fourth-order valence-corrected chi connectivity index (χ4v) is 1.87. The minimum atomic E-state index is -1.07. The lowest BCUT2D eigenvalue weighted by molar-refractivity contribution is 0.0690. The first kappa shape index (κ1) is 15.8. The van der Waals surface area contributed by atoms with Crippen LogP contribution in [0.1, 0.15) is 30.2 Å². The van der Waals surface area contributed by atoms with Crippen molar-refractivity contribution in [2.24, 2.45) is 0 Å². The second-order valence-corrected chi connectivity index (χ2v) is 5.07. The summed E-state index contributed by atoms with van der Waals surface area (Å²) < 4.78 is 5.58. The molecule has 0 amide bonds. The lowest BCUT2D eigenvalue weighted by Gasteiger charge is -2.11. The molecule has 2 rings (SSSR count). The van der Waals surface area contributed by atoms with E-state index < -0.39 is 5.97 Å². The minimum Gasteiger partial charge on any atom is -0.493 e. The molecule has 0 fully saturated rings. The highest BCUT2D eigenvalue weighted by atomic mass is 16.5. The second kappa shape index (κ2) is 7.40. The Balaban J connectivity index is 2.05. The van der Waals surface area contributed by atoms with E-state index in [1.54, 1.807) is 0 Å². The van der Waals surface area contributed by atoms with Crippen LogP contribution < -0.4 is 10.1 Å². The molecule has 0 aliphatic heterocycles. The van der Waals surface area contributed by atoms with Gasteiger partial charge < -0.3 is 15.2 Å². The standard InChI is InChI=1S/C16H19N3O3/c1-11(2)17-15-10-13(16(20)21)18-14(19-15)8-9-22-12-6-4-3-5-7-12/h3-7,10-11H,8-9H2,1-2H3,(H,20,21)(H,17,18,19). The van der Waals surface area contributed by atoms with Gasteiger partial charge in [0.2, 0.25) is 0 Å². The Hall–Kier alpha value is -2.63. The van der Waals surface area contributed by atoms with Gasteiger partial charge in [-0.3, -0.25) is 0 Å². The van der Waals surface area contributed by atoms with E-state index in [1.807, 2.05) is 44.2 Å². The maximum absolute atomic E-state index is 11.1. The molecule has 1 heterocycles. The second-order valence-electron chi connectivity index (χ2n) is 5.07. The van der Waals surface area contributed by atoms with Gasteiger partial charge in [-0.1, -0.05) is 18.2 Å². The number of para-hydroxylation sites is 1. The first-order valence-corrected chi connectivity index (χ1v) is 7.10. The number of aromatic nitrogens is 2. The van der Waals surface area contributed by atoms with E-state index in [-0.39, 0.29) is 11.7 Å². The molecule has 116 valence electrons. The fourth-order valence-electron chi connectivity index (χ4n) is 1.87. The first-order valence-electron chi connectivity index (χ1n) is 7.10. The molecule has 0 atom stereocenters. The molecule has 1 aromatic heterocycles. The molecule has 0 radical (unpaired) electrons. The van der Waals surface area contributed by atoms with Gasteiger partial charge in [0.05, 0.1) is 6.61 Å². The van der Waals surface area contributed by atoms with Gasteiger partial charge in [-0.15, -0.1) is 0 Å². The smallest absolute Gasteiger partial charge is 0.354 e. The summed E-state index contributed by atoms with van der Waals surface area (Å²) in [7, 11) is 0. The van der Waals surface area contributed by atoms with Crippen LogP contribution in [0.2, 0.25) is 0 Å². The molecule has 22 heavy (non-hydrogen) atoms. The maximum atomic E-state index is 11.1. The third-order valence-electron chi connectivity index (χ3n) is 2.77. The Bertz CT molecular complexity index is 630. The van der Waals surface area contributed by atoms with E-state index in [0.717, 1.165) is 5.75 Å². The van der Waals surface area contributed by atoms with Crippen LogP contribution >= 0.6 is 0 Å². The maximum Gasteiger partial charge on any atom is 0.354 e. The third-order valence-corrected chi connectivity index (χ3v) is 2.77. The molecule has 2 N–H and O–H groups in total. The predicted molar refractivity (Wildman–Crippen MR) is 83.4 cm³/mol. The molecule has 1 aromatic carbocycles. The van der Waals surface area contributed by atoms with E-state index in [2.05, 4.69) is 15.3 Å². The van der Waals surface area contributed by atoms with E-state index >= 15 is 0 Å². The number of aromatic carboxylic acids is 1. The Morgan fingerprint density at radius 1 is 1.27 bits per heavy atom. The number of nitrogens with one attached hydrogen (secondary N) is 1. The van der Waals surface area contributed by atoms with Crippen molar-refractivity contribution in [2.45, 2.75) is 26.3 Å². The number of anilines is 1. The van der Waals surface area contributed by atoms with Gasteiger partial charge in [0, 0.05) is 18.5 Å². The van der Waals surface area contributed by atoms with E-state index in [1.165, 1.54) is 6.07 Å². The molecular formula is C16H19N3O3. The molecular weight excluding hydrogens is 282 g/mol. The number of benzene rings is 1. The van der Waals surface area contributed by atoms with Gasteiger partial charge in [-0.05, 0) is 26.0 Å². The largest absolute Gasteiger partial charge is 0.493 e. The van der Waals surface area contributed by atoms with E-state index in [0.29, 0.717) is 24.7 Å². The third kappa shape index (κ3) is 4.73. The Kier molecular flexibility index (Phi) is 5.30. The fraction of sp³-hybridized carbons (Fsp3) is 0.312. The summed E-state index contributed by atoms with van der Waals surface area (Å²) in [5.41, 5.74) is -0.0205. The number of nitrogens with zero attached hydrogens (tertiary/aromatic N) is 2. The summed E-state index contributed by atoms with van der Waals surface area (Å²) in [6.07, 6.45) is 0.433. The number of hydrogen-bond acceptors (Lipinski definition) is 5. The van der Waals surface area contributed by atoms with Gasteiger partial charge in [-0.25, -0.2) is 14.8 Å². The van der Waals surface area contributed by atoms with Crippen LogP contribution in [0.3, 0.4) is 0 Å². The predicted octanol–water partition coefficient (Wildman–Crippen LogP) is 2.62. The average molecular weight is 301 g/mol. The van der Waals surface area contributed by atoms with Crippen molar-refractivity contribution in [3.8, 4) is 5.75 Å². The number of rotatable bonds is 7. The van der Waals surface area contributed by atoms with E-state index in [9.17, 15) is 4.79 Å². The molecule has 6 nitrogen and oxygen atoms in total. The van der Waals surface area contributed by atoms with Crippen LogP contribution in [-0.4, -0.2) is 33.7 Å². The molecule has 0 bridgehead atoms. The molecule has 0 unspecified atom stereocenters. The minimum absolute atomic E-state index is 0.0205. The lowest BCUT2D eigenvalue weighted by Crippen LogP contribution is -2.15. The summed E-state index contributed by atoms with van der Waals surface area (Å²) in [6.45, 7) is 4.30. The average Bonchev–Trinajstić information content (AvgIpc) is 2.47. The van der Waals surface area contributed by atoms with Crippen molar-refractivity contribution in [1.82, 2.24) is 9.97 Å². The van der Waals surface area contributed by atoms with Gasteiger partial charge in [0.25, 0.3) is 0 Å². The molecule has 0 aliphatic rings. The Morgan fingerprint density at radius 3 is 2.64 bits per heavy atom. The van der Waals surface area contributed by atoms with Crippen molar-refractivity contribution >= 4 is 11.8 Å². The molecule has 0 saturated heterocycles. The van der Waals surface area contributed by atoms with Crippen LogP contribution in [-0.2, 0) is 6.42 Å². The Morgan fingerprint density at radius 2 is 2.00 bits per heavy atom. The number of carboxylic acid groups (broad SMARTS) is 1. The first-order chi connectivity index (χ1) is 10.5. The number of carbonyl (C=O) groups is 1. The van der Waals surface area contributed by atoms with E-state index in [4.69, 9.17) is 9.84 Å². The van der Waals surface area contributed by atoms with Crippen molar-refractivity contribution in [3.05, 3.63) is 47.9 Å². The van der Waals surface area contributed by atoms with Crippen molar-refractivity contribution in [1.29, 1.82) is 0 Å². The highest BCUT2D eigenvalue weighted by Gasteiger charge is 2.11. The van der Waals surface area contributed by atoms with Gasteiger partial charge in [0.1, 0.15) is 17.4 Å². The van der Waals surface area contributed by atoms with Crippen molar-refractivity contribution in [3.63, 3.8) is 0 Å². The monoisotopic (exact) mass is 301 g/mol. The van der Waals surface area contributed by atoms with Crippen LogP contribution in [0.5, 0.6) is 5.75 Å². The zero-order valence-corrected chi connectivity index (χ0v) is 12.6. The molecule has 0 saturated carbocycles. The number of ether oxygens (including phenoxy) is 1. The zero-order valence-electron chi connectivity index (χ0n) is 12.6. The Labute approximate surface area is 129 Å². The topological polar surface area (TPSA) is 84.3 Å². The van der Waals surface area contributed by atoms with Crippen LogP contribution in [0.25, 0.3) is 0 Å². The number of hydrogen-bond donors (Lipinski definition) is 2. The highest BCUT2D eigenvalue weighted by molar-refractivity contribution is 5.86. The highest BCUT2D eigenvalue weighted by Crippen LogP contribution is 2.11.